The van der Waals surface area contributed by atoms with Gasteiger partial charge in [0.1, 0.15) is 5.75 Å². The van der Waals surface area contributed by atoms with Gasteiger partial charge in [0.05, 0.1) is 12.1 Å². The fourth-order valence-electron chi connectivity index (χ4n) is 3.73. The molecule has 130 valence electrons. The molecule has 24 heavy (non-hydrogen) atoms. The predicted molar refractivity (Wildman–Crippen MR) is 92.8 cm³/mol. The summed E-state index contributed by atoms with van der Waals surface area (Å²) in [5.41, 5.74) is 1.11. The molecule has 1 aliphatic rings. The van der Waals surface area contributed by atoms with Gasteiger partial charge in [-0.2, -0.15) is 0 Å². The molecule has 1 aromatic carbocycles. The molecule has 6 nitrogen and oxygen atoms in total. The van der Waals surface area contributed by atoms with Gasteiger partial charge in [-0.05, 0) is 54.1 Å². The van der Waals surface area contributed by atoms with Crippen LogP contribution in [0, 0.1) is 0 Å². The summed E-state index contributed by atoms with van der Waals surface area (Å²) in [5.74, 6) is 1.19. The normalized spacial score (nSPS) is 17.3. The van der Waals surface area contributed by atoms with E-state index in [-0.39, 0.29) is 11.8 Å². The lowest BCUT2D eigenvalue weighted by molar-refractivity contribution is 0.223. The van der Waals surface area contributed by atoms with Gasteiger partial charge in [-0.1, -0.05) is 45.2 Å². The summed E-state index contributed by atoms with van der Waals surface area (Å²) >= 11 is 0. The molecule has 3 rings (SSSR count). The number of phenols is 1. The average Bonchev–Trinajstić information content (AvgIpc) is 3.10. The molecule has 1 fully saturated rings. The largest absolute Gasteiger partial charge is 0.508 e. The Balaban J connectivity index is 1.99. The number of aromatic nitrogens is 4. The molecule has 0 radical (unpaired) electrons. The highest BCUT2D eigenvalue weighted by Gasteiger charge is 2.29. The van der Waals surface area contributed by atoms with Crippen LogP contribution in [0.5, 0.6) is 5.75 Å². The van der Waals surface area contributed by atoms with Gasteiger partial charge in [0.2, 0.25) is 0 Å². The standard InChI is InChI=1S/C18H27N5O/c1-3-22(4-2)17(14-10-12-16(24)13-11-14)18-19-20-21-23(18)15-8-6-5-7-9-15/h10-13,15,17,24H,3-9H2,1-2H3/t17-/m0/s1. The summed E-state index contributed by atoms with van der Waals surface area (Å²) in [6.07, 6.45) is 6.11. The Kier molecular flexibility index (Phi) is 5.45. The molecule has 0 unspecified atom stereocenters. The molecular weight excluding hydrogens is 302 g/mol. The lowest BCUT2D eigenvalue weighted by Crippen LogP contribution is -2.32. The van der Waals surface area contributed by atoms with Gasteiger partial charge in [-0.3, -0.25) is 4.90 Å². The molecule has 0 aliphatic heterocycles. The summed E-state index contributed by atoms with van der Waals surface area (Å²) in [6.45, 7) is 6.15. The van der Waals surface area contributed by atoms with Crippen molar-refractivity contribution < 1.29 is 5.11 Å². The van der Waals surface area contributed by atoms with Crippen LogP contribution in [-0.2, 0) is 0 Å². The lowest BCUT2D eigenvalue weighted by Gasteiger charge is -2.31. The van der Waals surface area contributed by atoms with E-state index in [0.29, 0.717) is 6.04 Å². The van der Waals surface area contributed by atoms with E-state index in [2.05, 4.69) is 39.0 Å². The Bertz CT molecular complexity index is 629. The van der Waals surface area contributed by atoms with Crippen molar-refractivity contribution in [3.63, 3.8) is 0 Å². The van der Waals surface area contributed by atoms with Gasteiger partial charge < -0.3 is 5.11 Å². The van der Waals surface area contributed by atoms with Gasteiger partial charge in [0.25, 0.3) is 0 Å². The Hall–Kier alpha value is -1.95. The maximum absolute atomic E-state index is 9.62. The minimum atomic E-state index is 0.0116. The van der Waals surface area contributed by atoms with Gasteiger partial charge in [-0.15, -0.1) is 5.10 Å². The van der Waals surface area contributed by atoms with Crippen molar-refractivity contribution in [2.75, 3.05) is 13.1 Å². The molecule has 0 bridgehead atoms. The quantitative estimate of drug-likeness (QED) is 0.880. The molecule has 1 atom stereocenters. The highest BCUT2D eigenvalue weighted by atomic mass is 16.3. The van der Waals surface area contributed by atoms with Crippen LogP contribution in [0.25, 0.3) is 0 Å². The summed E-state index contributed by atoms with van der Waals surface area (Å²) in [7, 11) is 0. The third kappa shape index (κ3) is 3.43. The van der Waals surface area contributed by atoms with E-state index < -0.39 is 0 Å². The summed E-state index contributed by atoms with van der Waals surface area (Å²) in [4.78, 5) is 2.36. The van der Waals surface area contributed by atoms with Crippen LogP contribution in [-0.4, -0.2) is 43.3 Å². The first-order valence-electron chi connectivity index (χ1n) is 9.05. The van der Waals surface area contributed by atoms with Crippen molar-refractivity contribution in [2.45, 2.75) is 58.0 Å². The third-order valence-corrected chi connectivity index (χ3v) is 5.07. The molecule has 1 saturated carbocycles. The first kappa shape index (κ1) is 16.9. The molecule has 0 amide bonds. The van der Waals surface area contributed by atoms with E-state index in [1.165, 1.54) is 19.3 Å². The molecular formula is C18H27N5O. The monoisotopic (exact) mass is 329 g/mol. The van der Waals surface area contributed by atoms with Crippen molar-refractivity contribution in [1.29, 1.82) is 0 Å². The molecule has 2 aromatic rings. The van der Waals surface area contributed by atoms with Crippen LogP contribution in [0.15, 0.2) is 24.3 Å². The van der Waals surface area contributed by atoms with E-state index in [4.69, 9.17) is 0 Å². The molecule has 1 aliphatic carbocycles. The zero-order valence-corrected chi connectivity index (χ0v) is 14.6. The lowest BCUT2D eigenvalue weighted by atomic mass is 9.95. The average molecular weight is 329 g/mol. The highest BCUT2D eigenvalue weighted by molar-refractivity contribution is 5.31. The Morgan fingerprint density at radius 2 is 1.79 bits per heavy atom. The smallest absolute Gasteiger partial charge is 0.173 e. The van der Waals surface area contributed by atoms with E-state index in [0.717, 1.165) is 37.3 Å². The fraction of sp³-hybridized carbons (Fsp3) is 0.611. The summed E-state index contributed by atoms with van der Waals surface area (Å²) < 4.78 is 2.05. The van der Waals surface area contributed by atoms with Gasteiger partial charge in [-0.25, -0.2) is 4.68 Å². The van der Waals surface area contributed by atoms with Crippen molar-refractivity contribution in [2.24, 2.45) is 0 Å². The second-order valence-corrected chi connectivity index (χ2v) is 6.49. The van der Waals surface area contributed by atoms with Gasteiger partial charge in [0.15, 0.2) is 5.82 Å². The predicted octanol–water partition coefficient (Wildman–Crippen LogP) is 3.32. The van der Waals surface area contributed by atoms with Crippen LogP contribution in [0.3, 0.4) is 0 Å². The molecule has 0 spiro atoms. The van der Waals surface area contributed by atoms with Crippen molar-refractivity contribution in [1.82, 2.24) is 25.1 Å². The van der Waals surface area contributed by atoms with Crippen LogP contribution in [0.1, 0.15) is 69.4 Å². The maximum atomic E-state index is 9.62. The second kappa shape index (κ2) is 7.75. The number of rotatable bonds is 6. The molecule has 6 heteroatoms. The second-order valence-electron chi connectivity index (χ2n) is 6.49. The molecule has 1 heterocycles. The van der Waals surface area contributed by atoms with Crippen LogP contribution >= 0.6 is 0 Å². The minimum absolute atomic E-state index is 0.0116. The number of nitrogens with zero attached hydrogens (tertiary/aromatic N) is 5. The number of phenolic OH excluding ortho intramolecular Hbond substituents is 1. The third-order valence-electron chi connectivity index (χ3n) is 5.07. The zero-order valence-electron chi connectivity index (χ0n) is 14.6. The Labute approximate surface area is 143 Å². The van der Waals surface area contributed by atoms with Crippen LogP contribution in [0.4, 0.5) is 0 Å². The van der Waals surface area contributed by atoms with Gasteiger partial charge in [0, 0.05) is 0 Å². The van der Waals surface area contributed by atoms with Crippen LogP contribution in [0.2, 0.25) is 0 Å². The number of tetrazole rings is 1. The topological polar surface area (TPSA) is 67.1 Å². The van der Waals surface area contributed by atoms with Crippen LogP contribution < -0.4 is 0 Å². The molecule has 1 aromatic heterocycles. The van der Waals surface area contributed by atoms with Crippen molar-refractivity contribution in [3.05, 3.63) is 35.7 Å². The number of aromatic hydroxyl groups is 1. The fourth-order valence-corrected chi connectivity index (χ4v) is 3.73. The van der Waals surface area contributed by atoms with E-state index in [9.17, 15) is 5.11 Å². The summed E-state index contributed by atoms with van der Waals surface area (Å²) in [6, 6.07) is 7.83. The SMILES string of the molecule is CCN(CC)[C@@H](c1ccc(O)cc1)c1nnnn1C1CCCCC1. The number of benzene rings is 1. The number of hydrogen-bond acceptors (Lipinski definition) is 5. The first-order chi connectivity index (χ1) is 11.7. The maximum Gasteiger partial charge on any atom is 0.173 e. The van der Waals surface area contributed by atoms with Crippen molar-refractivity contribution in [3.8, 4) is 5.75 Å². The van der Waals surface area contributed by atoms with E-state index in [1.54, 1.807) is 12.1 Å². The minimum Gasteiger partial charge on any atom is -0.508 e. The first-order valence-corrected chi connectivity index (χ1v) is 9.05. The Morgan fingerprint density at radius 1 is 1.12 bits per heavy atom. The van der Waals surface area contributed by atoms with E-state index >= 15 is 0 Å². The molecule has 1 N–H and O–H groups in total. The Morgan fingerprint density at radius 3 is 2.42 bits per heavy atom. The molecule has 0 saturated heterocycles. The summed E-state index contributed by atoms with van der Waals surface area (Å²) in [5, 5.41) is 22.4. The van der Waals surface area contributed by atoms with Gasteiger partial charge >= 0.3 is 0 Å². The van der Waals surface area contributed by atoms with Crippen molar-refractivity contribution >= 4 is 0 Å². The highest BCUT2D eigenvalue weighted by Crippen LogP contribution is 2.33. The zero-order chi connectivity index (χ0) is 16.9. The number of hydrogen-bond donors (Lipinski definition) is 1. The van der Waals surface area contributed by atoms with E-state index in [1.807, 2.05) is 12.1 Å².